The van der Waals surface area contributed by atoms with Crippen molar-refractivity contribution in [3.8, 4) is 0 Å². The van der Waals surface area contributed by atoms with Crippen LogP contribution in [-0.4, -0.2) is 32.4 Å². The molecule has 0 bridgehead atoms. The third-order valence-electron chi connectivity index (χ3n) is 5.22. The van der Waals surface area contributed by atoms with Gasteiger partial charge in [0.2, 0.25) is 0 Å². The zero-order valence-corrected chi connectivity index (χ0v) is 18.2. The van der Waals surface area contributed by atoms with Crippen LogP contribution in [0.1, 0.15) is 51.0 Å². The highest BCUT2D eigenvalue weighted by Gasteiger charge is 2.41. The number of benzene rings is 1. The van der Waals surface area contributed by atoms with E-state index in [4.69, 9.17) is 17.2 Å². The van der Waals surface area contributed by atoms with Gasteiger partial charge in [0.15, 0.2) is 5.17 Å². The summed E-state index contributed by atoms with van der Waals surface area (Å²) in [6.45, 7) is 9.30. The van der Waals surface area contributed by atoms with Crippen LogP contribution in [0.3, 0.4) is 0 Å². The summed E-state index contributed by atoms with van der Waals surface area (Å²) in [6.07, 6.45) is 7.26. The van der Waals surface area contributed by atoms with Crippen molar-refractivity contribution in [1.82, 2.24) is 4.90 Å². The van der Waals surface area contributed by atoms with Crippen LogP contribution < -0.4 is 0 Å². The lowest BCUT2D eigenvalue weighted by atomic mass is 9.88. The van der Waals surface area contributed by atoms with Gasteiger partial charge in [0.1, 0.15) is 4.32 Å². The molecular formula is C21H28N2S3. The van der Waals surface area contributed by atoms with Gasteiger partial charge in [-0.25, -0.2) is 4.99 Å². The summed E-state index contributed by atoms with van der Waals surface area (Å²) in [6, 6.07) is 8.49. The fourth-order valence-corrected chi connectivity index (χ4v) is 6.12. The van der Waals surface area contributed by atoms with Crippen molar-refractivity contribution in [2.24, 2.45) is 10.4 Å². The average molecular weight is 405 g/mol. The van der Waals surface area contributed by atoms with E-state index in [9.17, 15) is 0 Å². The van der Waals surface area contributed by atoms with Gasteiger partial charge in [0, 0.05) is 18.1 Å². The summed E-state index contributed by atoms with van der Waals surface area (Å²) < 4.78 is 0.934. The zero-order valence-electron chi connectivity index (χ0n) is 15.7. The van der Waals surface area contributed by atoms with E-state index in [0.717, 1.165) is 27.5 Å². The molecule has 1 aromatic rings. The molecule has 0 atom stereocenters. The number of hydrogen-bond donors (Lipinski definition) is 0. The molecular weight excluding hydrogens is 376 g/mol. The summed E-state index contributed by atoms with van der Waals surface area (Å²) in [5.74, 6) is 2.48. The van der Waals surface area contributed by atoms with Gasteiger partial charge in [0.25, 0.3) is 0 Å². The third-order valence-corrected chi connectivity index (χ3v) is 7.99. The van der Waals surface area contributed by atoms with Crippen LogP contribution in [0.15, 0.2) is 41.9 Å². The smallest absolute Gasteiger partial charge is 0.169 e. The first-order valence-corrected chi connectivity index (χ1v) is 11.8. The quantitative estimate of drug-likeness (QED) is 0.414. The molecule has 1 saturated carbocycles. The number of amidine groups is 1. The Balaban J connectivity index is 1.90. The van der Waals surface area contributed by atoms with Crippen molar-refractivity contribution in [3.05, 3.63) is 42.5 Å². The minimum atomic E-state index is 0.417. The number of thioether (sulfide) groups is 2. The highest BCUT2D eigenvalue weighted by atomic mass is 32.2. The Labute approximate surface area is 171 Å². The maximum Gasteiger partial charge on any atom is 0.169 e. The van der Waals surface area contributed by atoms with Crippen LogP contribution in [-0.2, 0) is 0 Å². The second-order valence-electron chi connectivity index (χ2n) is 7.56. The SMILES string of the molecule is C=CCSC(=S)N1CC2(CCCC2)CSC1=Nc1ccccc1C(C)C. The largest absolute Gasteiger partial charge is 0.306 e. The van der Waals surface area contributed by atoms with Crippen LogP contribution in [0, 0.1) is 5.41 Å². The lowest BCUT2D eigenvalue weighted by molar-refractivity contribution is 0.291. The van der Waals surface area contributed by atoms with Gasteiger partial charge in [-0.3, -0.25) is 0 Å². The molecule has 2 nitrogen and oxygen atoms in total. The lowest BCUT2D eigenvalue weighted by Gasteiger charge is -2.41. The van der Waals surface area contributed by atoms with E-state index >= 15 is 0 Å². The van der Waals surface area contributed by atoms with Crippen molar-refractivity contribution in [2.45, 2.75) is 45.4 Å². The second-order valence-corrected chi connectivity index (χ2v) is 10.2. The van der Waals surface area contributed by atoms with E-state index in [1.165, 1.54) is 37.0 Å². The van der Waals surface area contributed by atoms with Crippen molar-refractivity contribution in [1.29, 1.82) is 0 Å². The first-order valence-electron chi connectivity index (χ1n) is 9.40. The second kappa shape index (κ2) is 8.94. The maximum absolute atomic E-state index is 5.78. The van der Waals surface area contributed by atoms with Gasteiger partial charge >= 0.3 is 0 Å². The molecule has 1 heterocycles. The summed E-state index contributed by atoms with van der Waals surface area (Å²) in [5, 5.41) is 1.07. The summed E-state index contributed by atoms with van der Waals surface area (Å²) in [5.41, 5.74) is 2.79. The number of aliphatic imine (C=N–C) groups is 1. The minimum absolute atomic E-state index is 0.417. The Morgan fingerprint density at radius 3 is 2.81 bits per heavy atom. The van der Waals surface area contributed by atoms with Crippen molar-refractivity contribution >= 4 is 50.9 Å². The molecule has 2 aliphatic rings. The van der Waals surface area contributed by atoms with E-state index in [-0.39, 0.29) is 0 Å². The Kier molecular flexibility index (Phi) is 6.87. The van der Waals surface area contributed by atoms with E-state index < -0.39 is 0 Å². The molecule has 26 heavy (non-hydrogen) atoms. The molecule has 1 aliphatic heterocycles. The van der Waals surface area contributed by atoms with Gasteiger partial charge in [-0.05, 0) is 35.8 Å². The summed E-state index contributed by atoms with van der Waals surface area (Å²) >= 11 is 9.37. The van der Waals surface area contributed by atoms with Crippen molar-refractivity contribution in [3.63, 3.8) is 0 Å². The predicted octanol–water partition coefficient (Wildman–Crippen LogP) is 6.61. The van der Waals surface area contributed by atoms with Crippen LogP contribution in [0.2, 0.25) is 0 Å². The molecule has 0 unspecified atom stereocenters. The number of hydrogen-bond acceptors (Lipinski definition) is 4. The van der Waals surface area contributed by atoms with E-state index in [0.29, 0.717) is 11.3 Å². The van der Waals surface area contributed by atoms with Crippen LogP contribution in [0.25, 0.3) is 0 Å². The van der Waals surface area contributed by atoms with Crippen molar-refractivity contribution < 1.29 is 0 Å². The Bertz CT molecular complexity index is 690. The Hall–Kier alpha value is -0.780. The van der Waals surface area contributed by atoms with Gasteiger partial charge in [-0.1, -0.05) is 86.7 Å². The van der Waals surface area contributed by atoms with E-state index in [1.807, 2.05) is 17.8 Å². The first kappa shape index (κ1) is 20.0. The maximum atomic E-state index is 5.78. The highest BCUT2D eigenvalue weighted by Crippen LogP contribution is 2.46. The molecule has 1 saturated heterocycles. The van der Waals surface area contributed by atoms with Gasteiger partial charge < -0.3 is 4.90 Å². The molecule has 5 heteroatoms. The predicted molar refractivity (Wildman–Crippen MR) is 123 cm³/mol. The molecule has 2 fully saturated rings. The molecule has 3 rings (SSSR count). The van der Waals surface area contributed by atoms with Gasteiger partial charge in [-0.2, -0.15) is 0 Å². The Morgan fingerprint density at radius 1 is 1.38 bits per heavy atom. The molecule has 0 radical (unpaired) electrons. The molecule has 0 aromatic heterocycles. The highest BCUT2D eigenvalue weighted by molar-refractivity contribution is 8.23. The average Bonchev–Trinajstić information content (AvgIpc) is 3.09. The number of thiocarbonyl (C=S) groups is 1. The fourth-order valence-electron chi connectivity index (χ4n) is 3.80. The van der Waals surface area contributed by atoms with E-state index in [1.54, 1.807) is 11.8 Å². The normalized spacial score (nSPS) is 20.9. The molecule has 0 N–H and O–H groups in total. The Morgan fingerprint density at radius 2 is 2.12 bits per heavy atom. The van der Waals surface area contributed by atoms with Gasteiger partial charge in [0.05, 0.1) is 5.69 Å². The van der Waals surface area contributed by atoms with Crippen LogP contribution in [0.5, 0.6) is 0 Å². The zero-order chi connectivity index (χ0) is 18.6. The third kappa shape index (κ3) is 4.55. The van der Waals surface area contributed by atoms with E-state index in [2.05, 4.69) is 49.6 Å². The summed E-state index contributed by atoms with van der Waals surface area (Å²) in [4.78, 5) is 7.39. The van der Waals surface area contributed by atoms with Crippen LogP contribution in [0.4, 0.5) is 5.69 Å². The number of rotatable bonds is 4. The molecule has 1 spiro atoms. The minimum Gasteiger partial charge on any atom is -0.306 e. The van der Waals surface area contributed by atoms with Crippen LogP contribution >= 0.6 is 35.7 Å². The molecule has 0 amide bonds. The first-order chi connectivity index (χ1) is 12.5. The summed E-state index contributed by atoms with van der Waals surface area (Å²) in [7, 11) is 0. The topological polar surface area (TPSA) is 15.6 Å². The molecule has 1 aliphatic carbocycles. The number of para-hydroxylation sites is 1. The standard InChI is InChI=1S/C21H28N2S3/c1-4-13-25-20(24)23-14-21(11-7-8-12-21)15-26-19(23)22-18-10-6-5-9-17(18)16(2)3/h4-6,9-10,16H,1,7-8,11-15H2,2-3H3. The lowest BCUT2D eigenvalue weighted by Crippen LogP contribution is -2.47. The number of nitrogens with zero attached hydrogens (tertiary/aromatic N) is 2. The van der Waals surface area contributed by atoms with Gasteiger partial charge in [-0.15, -0.1) is 6.58 Å². The van der Waals surface area contributed by atoms with Crippen molar-refractivity contribution in [2.75, 3.05) is 18.1 Å². The molecule has 140 valence electrons. The molecule has 1 aromatic carbocycles. The fraction of sp³-hybridized carbons (Fsp3) is 0.524. The monoisotopic (exact) mass is 404 g/mol.